The highest BCUT2D eigenvalue weighted by atomic mass is 19.1. The number of nitrogens with zero attached hydrogens (tertiary/aromatic N) is 1. The second kappa shape index (κ2) is 5.03. The van der Waals surface area contributed by atoms with Crippen LogP contribution in [0.1, 0.15) is 26.7 Å². The molecule has 1 saturated heterocycles. The molecule has 1 aromatic carbocycles. The molecule has 0 aromatic heterocycles. The molecule has 2 rings (SSSR count). The maximum atomic E-state index is 13.6. The zero-order chi connectivity index (χ0) is 12.4. The van der Waals surface area contributed by atoms with E-state index in [0.29, 0.717) is 11.8 Å². The first kappa shape index (κ1) is 12.3. The van der Waals surface area contributed by atoms with Crippen LogP contribution in [0, 0.1) is 23.5 Å². The van der Waals surface area contributed by atoms with Crippen molar-refractivity contribution in [3.63, 3.8) is 0 Å². The van der Waals surface area contributed by atoms with Gasteiger partial charge in [0.25, 0.3) is 0 Å². The highest BCUT2D eigenvalue weighted by Crippen LogP contribution is 2.30. The molecule has 1 heterocycles. The number of hydrogen-bond acceptors (Lipinski definition) is 1. The summed E-state index contributed by atoms with van der Waals surface area (Å²) in [5.41, 5.74) is 0.148. The van der Waals surface area contributed by atoms with Gasteiger partial charge in [0.1, 0.15) is 17.3 Å². The van der Waals surface area contributed by atoms with Crippen molar-refractivity contribution in [2.24, 2.45) is 11.8 Å². The summed E-state index contributed by atoms with van der Waals surface area (Å²) in [6.45, 7) is 5.93. The van der Waals surface area contributed by atoms with Crippen LogP contribution in [0.2, 0.25) is 0 Å². The smallest absolute Gasteiger partial charge is 0.149 e. The zero-order valence-electron chi connectivity index (χ0n) is 10.4. The summed E-state index contributed by atoms with van der Waals surface area (Å²) in [5.74, 6) is 0.435. The van der Waals surface area contributed by atoms with Crippen molar-refractivity contribution in [1.29, 1.82) is 0 Å². The Balaban J connectivity index is 2.11. The van der Waals surface area contributed by atoms with Crippen molar-refractivity contribution < 1.29 is 8.78 Å². The van der Waals surface area contributed by atoms with Gasteiger partial charge in [-0.15, -0.1) is 0 Å². The lowest BCUT2D eigenvalue weighted by atomic mass is 9.86. The van der Waals surface area contributed by atoms with Crippen molar-refractivity contribution in [3.8, 4) is 0 Å². The predicted molar refractivity (Wildman–Crippen MR) is 66.1 cm³/mol. The third-order valence-electron chi connectivity index (χ3n) is 3.74. The molecule has 1 aliphatic heterocycles. The number of piperidine rings is 1. The topological polar surface area (TPSA) is 3.24 Å². The van der Waals surface area contributed by atoms with Crippen molar-refractivity contribution >= 4 is 5.69 Å². The average molecular weight is 239 g/mol. The van der Waals surface area contributed by atoms with Crippen molar-refractivity contribution in [2.75, 3.05) is 18.0 Å². The Morgan fingerprint density at radius 3 is 2.12 bits per heavy atom. The Kier molecular flexibility index (Phi) is 3.65. The Bertz CT molecular complexity index is 362. The molecule has 1 aliphatic rings. The molecule has 0 spiro atoms. The van der Waals surface area contributed by atoms with Crippen molar-refractivity contribution in [1.82, 2.24) is 0 Å². The number of para-hydroxylation sites is 1. The van der Waals surface area contributed by atoms with Crippen LogP contribution in [-0.2, 0) is 0 Å². The summed E-state index contributed by atoms with van der Waals surface area (Å²) < 4.78 is 27.2. The Hall–Kier alpha value is -1.12. The number of halogens is 2. The van der Waals surface area contributed by atoms with E-state index in [4.69, 9.17) is 0 Å². The summed E-state index contributed by atoms with van der Waals surface area (Å²) >= 11 is 0. The second-order valence-electron chi connectivity index (χ2n) is 5.14. The van der Waals surface area contributed by atoms with E-state index in [-0.39, 0.29) is 5.69 Å². The van der Waals surface area contributed by atoms with Gasteiger partial charge < -0.3 is 4.90 Å². The van der Waals surface area contributed by atoms with Gasteiger partial charge in [-0.05, 0) is 36.8 Å². The summed E-state index contributed by atoms with van der Waals surface area (Å²) in [7, 11) is 0. The van der Waals surface area contributed by atoms with Gasteiger partial charge in [0.2, 0.25) is 0 Å². The fourth-order valence-corrected chi connectivity index (χ4v) is 2.58. The molecule has 1 fully saturated rings. The van der Waals surface area contributed by atoms with E-state index in [1.165, 1.54) is 18.2 Å². The minimum absolute atomic E-state index is 0.148. The Morgan fingerprint density at radius 1 is 1.12 bits per heavy atom. The van der Waals surface area contributed by atoms with Crippen LogP contribution < -0.4 is 4.90 Å². The lowest BCUT2D eigenvalue weighted by Crippen LogP contribution is -2.36. The number of hydrogen-bond donors (Lipinski definition) is 0. The first-order valence-corrected chi connectivity index (χ1v) is 6.28. The van der Waals surface area contributed by atoms with Crippen LogP contribution in [0.3, 0.4) is 0 Å². The van der Waals surface area contributed by atoms with Gasteiger partial charge in [-0.25, -0.2) is 8.78 Å². The Morgan fingerprint density at radius 2 is 1.65 bits per heavy atom. The maximum absolute atomic E-state index is 13.6. The summed E-state index contributed by atoms with van der Waals surface area (Å²) in [6.07, 6.45) is 2.04. The lowest BCUT2D eigenvalue weighted by molar-refractivity contribution is 0.309. The Labute approximate surface area is 101 Å². The van der Waals surface area contributed by atoms with Crippen LogP contribution >= 0.6 is 0 Å². The standard InChI is InChI=1S/C14H19F2N/c1-10(2)11-6-8-17(9-7-11)14-12(15)4-3-5-13(14)16/h3-5,10-11H,6-9H2,1-2H3. The molecule has 1 nitrogen and oxygen atoms in total. The normalized spacial score (nSPS) is 17.8. The molecule has 17 heavy (non-hydrogen) atoms. The van der Waals surface area contributed by atoms with E-state index in [1.54, 1.807) is 0 Å². The molecule has 0 atom stereocenters. The van der Waals surface area contributed by atoms with Gasteiger partial charge in [-0.3, -0.25) is 0 Å². The van der Waals surface area contributed by atoms with Crippen LogP contribution in [0.5, 0.6) is 0 Å². The van der Waals surface area contributed by atoms with Gasteiger partial charge in [0, 0.05) is 13.1 Å². The van der Waals surface area contributed by atoms with E-state index in [9.17, 15) is 8.78 Å². The highest BCUT2D eigenvalue weighted by molar-refractivity contribution is 5.49. The molecule has 94 valence electrons. The fourth-order valence-electron chi connectivity index (χ4n) is 2.58. The van der Waals surface area contributed by atoms with Gasteiger partial charge in [-0.2, -0.15) is 0 Å². The predicted octanol–water partition coefficient (Wildman–Crippen LogP) is 3.84. The minimum Gasteiger partial charge on any atom is -0.367 e. The molecule has 0 radical (unpaired) electrons. The largest absolute Gasteiger partial charge is 0.367 e. The molecular formula is C14H19F2N. The lowest BCUT2D eigenvalue weighted by Gasteiger charge is -2.35. The molecular weight excluding hydrogens is 220 g/mol. The van der Waals surface area contributed by atoms with Crippen LogP contribution in [0.15, 0.2) is 18.2 Å². The first-order chi connectivity index (χ1) is 8.09. The van der Waals surface area contributed by atoms with Crippen LogP contribution in [-0.4, -0.2) is 13.1 Å². The van der Waals surface area contributed by atoms with E-state index in [1.807, 2.05) is 4.90 Å². The summed E-state index contributed by atoms with van der Waals surface area (Å²) in [4.78, 5) is 1.84. The number of rotatable bonds is 2. The van der Waals surface area contributed by atoms with Crippen molar-refractivity contribution in [2.45, 2.75) is 26.7 Å². The SMILES string of the molecule is CC(C)C1CCN(c2c(F)cccc2F)CC1. The van der Waals surface area contributed by atoms with Gasteiger partial charge in [-0.1, -0.05) is 19.9 Å². The third kappa shape index (κ3) is 2.59. The first-order valence-electron chi connectivity index (χ1n) is 6.28. The minimum atomic E-state index is -0.451. The second-order valence-corrected chi connectivity index (χ2v) is 5.14. The van der Waals surface area contributed by atoms with E-state index >= 15 is 0 Å². The molecule has 0 amide bonds. The maximum Gasteiger partial charge on any atom is 0.149 e. The molecule has 0 saturated carbocycles. The third-order valence-corrected chi connectivity index (χ3v) is 3.74. The van der Waals surface area contributed by atoms with Gasteiger partial charge >= 0.3 is 0 Å². The van der Waals surface area contributed by atoms with E-state index in [2.05, 4.69) is 13.8 Å². The molecule has 0 bridgehead atoms. The summed E-state index contributed by atoms with van der Waals surface area (Å²) in [6, 6.07) is 4.06. The zero-order valence-corrected chi connectivity index (χ0v) is 10.4. The van der Waals surface area contributed by atoms with Gasteiger partial charge in [0.15, 0.2) is 0 Å². The van der Waals surface area contributed by atoms with Gasteiger partial charge in [0.05, 0.1) is 0 Å². The van der Waals surface area contributed by atoms with E-state index in [0.717, 1.165) is 25.9 Å². The molecule has 0 unspecified atom stereocenters. The van der Waals surface area contributed by atoms with Crippen LogP contribution in [0.4, 0.5) is 14.5 Å². The fraction of sp³-hybridized carbons (Fsp3) is 0.571. The molecule has 1 aromatic rings. The summed E-state index contributed by atoms with van der Waals surface area (Å²) in [5, 5.41) is 0. The monoisotopic (exact) mass is 239 g/mol. The van der Waals surface area contributed by atoms with Crippen LogP contribution in [0.25, 0.3) is 0 Å². The molecule has 0 aliphatic carbocycles. The van der Waals surface area contributed by atoms with E-state index < -0.39 is 11.6 Å². The molecule has 3 heteroatoms. The van der Waals surface area contributed by atoms with Crippen molar-refractivity contribution in [3.05, 3.63) is 29.8 Å². The number of anilines is 1. The highest BCUT2D eigenvalue weighted by Gasteiger charge is 2.24. The average Bonchev–Trinajstić information content (AvgIpc) is 2.29. The quantitative estimate of drug-likeness (QED) is 0.758. The number of benzene rings is 1. The molecule has 0 N–H and O–H groups in total.